The summed E-state index contributed by atoms with van der Waals surface area (Å²) in [5.74, 6) is 0.951. The molecule has 4 heteroatoms. The van der Waals surface area contributed by atoms with Crippen LogP contribution in [-0.4, -0.2) is 41.9 Å². The van der Waals surface area contributed by atoms with E-state index >= 15 is 0 Å². The van der Waals surface area contributed by atoms with E-state index in [0.717, 1.165) is 32.6 Å². The SMILES string of the molecule is CC(c1c(O)cccc1O)N(C)CC1CCOCC1. The van der Waals surface area contributed by atoms with Crippen molar-refractivity contribution in [1.29, 1.82) is 0 Å². The number of hydrogen-bond donors (Lipinski definition) is 2. The molecule has 0 radical (unpaired) electrons. The molecule has 0 spiro atoms. The van der Waals surface area contributed by atoms with E-state index in [1.807, 2.05) is 14.0 Å². The van der Waals surface area contributed by atoms with E-state index in [9.17, 15) is 10.2 Å². The quantitative estimate of drug-likeness (QED) is 0.878. The van der Waals surface area contributed by atoms with Gasteiger partial charge in [-0.1, -0.05) is 6.07 Å². The van der Waals surface area contributed by atoms with Gasteiger partial charge in [0.1, 0.15) is 11.5 Å². The molecule has 1 saturated heterocycles. The Morgan fingerprint density at radius 1 is 1.26 bits per heavy atom. The Kier molecular flexibility index (Phi) is 4.66. The van der Waals surface area contributed by atoms with Crippen molar-refractivity contribution in [3.05, 3.63) is 23.8 Å². The first-order valence-electron chi connectivity index (χ1n) is 6.88. The maximum atomic E-state index is 9.91. The lowest BCUT2D eigenvalue weighted by Gasteiger charge is -2.31. The first-order chi connectivity index (χ1) is 9.09. The predicted molar refractivity (Wildman–Crippen MR) is 74.4 cm³/mol. The minimum atomic E-state index is -0.0101. The smallest absolute Gasteiger partial charge is 0.124 e. The summed E-state index contributed by atoms with van der Waals surface area (Å²) >= 11 is 0. The fraction of sp³-hybridized carbons (Fsp3) is 0.600. The Morgan fingerprint density at radius 2 is 1.84 bits per heavy atom. The molecule has 4 nitrogen and oxygen atoms in total. The second-order valence-electron chi connectivity index (χ2n) is 5.38. The molecule has 1 aromatic carbocycles. The van der Waals surface area contributed by atoms with Crippen molar-refractivity contribution >= 4 is 0 Å². The van der Waals surface area contributed by atoms with Crippen LogP contribution in [0.1, 0.15) is 31.4 Å². The Bertz CT molecular complexity index is 396. The number of ether oxygens (including phenoxy) is 1. The lowest BCUT2D eigenvalue weighted by molar-refractivity contribution is 0.0510. The van der Waals surface area contributed by atoms with Gasteiger partial charge in [0.05, 0.1) is 5.56 Å². The zero-order valence-electron chi connectivity index (χ0n) is 11.7. The molecule has 0 aliphatic carbocycles. The molecule has 1 fully saturated rings. The first kappa shape index (κ1) is 14.2. The van der Waals surface area contributed by atoms with Crippen LogP contribution in [0.5, 0.6) is 11.5 Å². The molecule has 0 saturated carbocycles. The van der Waals surface area contributed by atoms with Crippen LogP contribution in [0.3, 0.4) is 0 Å². The third-order valence-electron chi connectivity index (χ3n) is 4.03. The third kappa shape index (κ3) is 3.39. The zero-order valence-corrected chi connectivity index (χ0v) is 11.7. The molecule has 0 bridgehead atoms. The van der Waals surface area contributed by atoms with Gasteiger partial charge in [-0.3, -0.25) is 4.90 Å². The third-order valence-corrected chi connectivity index (χ3v) is 4.03. The van der Waals surface area contributed by atoms with E-state index in [1.165, 1.54) is 0 Å². The molecular formula is C15H23NO3. The summed E-state index contributed by atoms with van der Waals surface area (Å²) in [6.07, 6.45) is 2.17. The van der Waals surface area contributed by atoms with Crippen LogP contribution >= 0.6 is 0 Å². The van der Waals surface area contributed by atoms with Crippen LogP contribution in [0, 0.1) is 5.92 Å². The van der Waals surface area contributed by atoms with Crippen molar-refractivity contribution in [2.75, 3.05) is 26.8 Å². The molecule has 1 atom stereocenters. The second-order valence-corrected chi connectivity index (χ2v) is 5.38. The monoisotopic (exact) mass is 265 g/mol. The minimum Gasteiger partial charge on any atom is -0.507 e. The van der Waals surface area contributed by atoms with Crippen molar-refractivity contribution in [2.45, 2.75) is 25.8 Å². The van der Waals surface area contributed by atoms with Crippen LogP contribution in [0.25, 0.3) is 0 Å². The number of hydrogen-bond acceptors (Lipinski definition) is 4. The molecule has 0 amide bonds. The maximum Gasteiger partial charge on any atom is 0.124 e. The number of aromatic hydroxyl groups is 2. The minimum absolute atomic E-state index is 0.0101. The number of rotatable bonds is 4. The van der Waals surface area contributed by atoms with Crippen LogP contribution < -0.4 is 0 Å². The van der Waals surface area contributed by atoms with Crippen molar-refractivity contribution in [3.63, 3.8) is 0 Å². The van der Waals surface area contributed by atoms with E-state index in [4.69, 9.17) is 4.74 Å². The molecule has 19 heavy (non-hydrogen) atoms. The molecule has 2 rings (SSSR count). The number of benzene rings is 1. The number of nitrogens with zero attached hydrogens (tertiary/aromatic N) is 1. The van der Waals surface area contributed by atoms with Crippen molar-refractivity contribution in [3.8, 4) is 11.5 Å². The fourth-order valence-corrected chi connectivity index (χ4v) is 2.68. The molecule has 106 valence electrons. The highest BCUT2D eigenvalue weighted by Gasteiger charge is 2.22. The summed E-state index contributed by atoms with van der Waals surface area (Å²) in [5.41, 5.74) is 0.608. The number of phenolic OH excluding ortho intramolecular Hbond substituents is 2. The highest BCUT2D eigenvalue weighted by molar-refractivity contribution is 5.44. The Morgan fingerprint density at radius 3 is 2.42 bits per heavy atom. The van der Waals surface area contributed by atoms with Gasteiger partial charge < -0.3 is 14.9 Å². The normalized spacial score (nSPS) is 18.7. The highest BCUT2D eigenvalue weighted by atomic mass is 16.5. The molecule has 2 N–H and O–H groups in total. The van der Waals surface area contributed by atoms with E-state index in [-0.39, 0.29) is 17.5 Å². The van der Waals surface area contributed by atoms with Crippen LogP contribution in [-0.2, 0) is 4.74 Å². The molecule has 1 aromatic rings. The standard InChI is InChI=1S/C15H23NO3/c1-11(15-13(17)4-3-5-14(15)18)16(2)10-12-6-8-19-9-7-12/h3-5,11-12,17-18H,6-10H2,1-2H3. The lowest BCUT2D eigenvalue weighted by atomic mass is 9.97. The average Bonchev–Trinajstić information content (AvgIpc) is 2.39. The van der Waals surface area contributed by atoms with Crippen LogP contribution in [0.2, 0.25) is 0 Å². The van der Waals surface area contributed by atoms with Crippen molar-refractivity contribution in [1.82, 2.24) is 4.90 Å². The van der Waals surface area contributed by atoms with E-state index in [1.54, 1.807) is 18.2 Å². The van der Waals surface area contributed by atoms with Gasteiger partial charge in [-0.05, 0) is 44.9 Å². The van der Waals surface area contributed by atoms with E-state index < -0.39 is 0 Å². The predicted octanol–water partition coefficient (Wildman–Crippen LogP) is 2.52. The van der Waals surface area contributed by atoms with E-state index in [0.29, 0.717) is 11.5 Å². The van der Waals surface area contributed by atoms with Gasteiger partial charge in [-0.25, -0.2) is 0 Å². The zero-order chi connectivity index (χ0) is 13.8. The van der Waals surface area contributed by atoms with Gasteiger partial charge in [0, 0.05) is 25.8 Å². The Balaban J connectivity index is 2.03. The summed E-state index contributed by atoms with van der Waals surface area (Å²) in [4.78, 5) is 2.19. The maximum absolute atomic E-state index is 9.91. The lowest BCUT2D eigenvalue weighted by Crippen LogP contribution is -2.31. The molecule has 0 aromatic heterocycles. The van der Waals surface area contributed by atoms with Gasteiger partial charge in [-0.15, -0.1) is 0 Å². The summed E-state index contributed by atoms with van der Waals surface area (Å²) in [6, 6.07) is 4.88. The fourth-order valence-electron chi connectivity index (χ4n) is 2.68. The summed E-state index contributed by atoms with van der Waals surface area (Å²) in [6.45, 7) is 4.65. The molecule has 1 aliphatic rings. The van der Waals surface area contributed by atoms with Crippen LogP contribution in [0.4, 0.5) is 0 Å². The summed E-state index contributed by atoms with van der Waals surface area (Å²) in [5, 5.41) is 19.8. The summed E-state index contributed by atoms with van der Waals surface area (Å²) < 4.78 is 5.37. The van der Waals surface area contributed by atoms with E-state index in [2.05, 4.69) is 4.90 Å². The van der Waals surface area contributed by atoms with Gasteiger partial charge in [0.2, 0.25) is 0 Å². The van der Waals surface area contributed by atoms with Crippen molar-refractivity contribution in [2.24, 2.45) is 5.92 Å². The molecule has 1 heterocycles. The molecule has 1 unspecified atom stereocenters. The van der Waals surface area contributed by atoms with Crippen molar-refractivity contribution < 1.29 is 14.9 Å². The average molecular weight is 265 g/mol. The largest absolute Gasteiger partial charge is 0.507 e. The van der Waals surface area contributed by atoms with Gasteiger partial charge in [0.15, 0.2) is 0 Å². The second kappa shape index (κ2) is 6.26. The molecule has 1 aliphatic heterocycles. The summed E-state index contributed by atoms with van der Waals surface area (Å²) in [7, 11) is 2.03. The van der Waals surface area contributed by atoms with Gasteiger partial charge >= 0.3 is 0 Å². The van der Waals surface area contributed by atoms with Gasteiger partial charge in [-0.2, -0.15) is 0 Å². The van der Waals surface area contributed by atoms with Gasteiger partial charge in [0.25, 0.3) is 0 Å². The Hall–Kier alpha value is -1.26. The number of phenols is 2. The Labute approximate surface area is 114 Å². The highest BCUT2D eigenvalue weighted by Crippen LogP contribution is 2.35. The topological polar surface area (TPSA) is 52.9 Å². The molecular weight excluding hydrogens is 242 g/mol. The first-order valence-corrected chi connectivity index (χ1v) is 6.88. The van der Waals surface area contributed by atoms with Crippen LogP contribution in [0.15, 0.2) is 18.2 Å².